The molecule has 1 aromatic heterocycles. The van der Waals surface area contributed by atoms with Crippen LogP contribution < -0.4 is 5.32 Å². The van der Waals surface area contributed by atoms with E-state index in [0.717, 1.165) is 17.7 Å². The molecule has 0 amide bonds. The minimum atomic E-state index is -0.506. The number of halogens is 3. The first-order valence-corrected chi connectivity index (χ1v) is 5.80. The fraction of sp³-hybridized carbons (Fsp3) is 0.167. The minimum absolute atomic E-state index is 0.108. The lowest BCUT2D eigenvalue weighted by Crippen LogP contribution is -2.07. The first-order valence-electron chi connectivity index (χ1n) is 5.01. The lowest BCUT2D eigenvalue weighted by Gasteiger charge is -2.14. The number of benzene rings is 1. The van der Waals surface area contributed by atoms with Crippen LogP contribution in [0.5, 0.6) is 0 Å². The van der Waals surface area contributed by atoms with Crippen LogP contribution in [0, 0.1) is 11.6 Å². The van der Waals surface area contributed by atoms with Crippen molar-refractivity contribution in [2.75, 3.05) is 5.32 Å². The Morgan fingerprint density at radius 2 is 2.06 bits per heavy atom. The fourth-order valence-electron chi connectivity index (χ4n) is 1.47. The molecular weight excluding hydrogens is 292 g/mol. The van der Waals surface area contributed by atoms with Crippen molar-refractivity contribution < 1.29 is 13.2 Å². The number of furan rings is 1. The van der Waals surface area contributed by atoms with Crippen LogP contribution in [0.4, 0.5) is 14.5 Å². The van der Waals surface area contributed by atoms with Crippen LogP contribution in [0.15, 0.2) is 39.6 Å². The maximum atomic E-state index is 13.5. The van der Waals surface area contributed by atoms with E-state index >= 15 is 0 Å². The van der Waals surface area contributed by atoms with Crippen LogP contribution in [0.25, 0.3) is 0 Å². The molecule has 90 valence electrons. The third kappa shape index (κ3) is 2.66. The average Bonchev–Trinajstić information content (AvgIpc) is 2.79. The zero-order valence-electron chi connectivity index (χ0n) is 9.01. The largest absolute Gasteiger partial charge is 0.472 e. The molecule has 0 saturated heterocycles. The molecule has 0 saturated carbocycles. The highest BCUT2D eigenvalue weighted by molar-refractivity contribution is 9.10. The third-order valence-electron chi connectivity index (χ3n) is 2.43. The molecule has 1 aromatic carbocycles. The van der Waals surface area contributed by atoms with Crippen LogP contribution in [-0.2, 0) is 0 Å². The zero-order chi connectivity index (χ0) is 12.4. The molecule has 2 aromatic rings. The quantitative estimate of drug-likeness (QED) is 0.845. The van der Waals surface area contributed by atoms with Crippen LogP contribution in [-0.4, -0.2) is 0 Å². The van der Waals surface area contributed by atoms with E-state index in [1.807, 2.05) is 6.92 Å². The van der Waals surface area contributed by atoms with Crippen molar-refractivity contribution in [3.8, 4) is 0 Å². The van der Waals surface area contributed by atoms with Gasteiger partial charge in [-0.15, -0.1) is 0 Å². The van der Waals surface area contributed by atoms with Gasteiger partial charge in [-0.05, 0) is 35.0 Å². The Morgan fingerprint density at radius 3 is 2.71 bits per heavy atom. The van der Waals surface area contributed by atoms with Crippen molar-refractivity contribution in [3.63, 3.8) is 0 Å². The second-order valence-corrected chi connectivity index (χ2v) is 4.52. The van der Waals surface area contributed by atoms with E-state index in [0.29, 0.717) is 0 Å². The van der Waals surface area contributed by atoms with Gasteiger partial charge in [0.25, 0.3) is 0 Å². The Bertz CT molecular complexity index is 513. The second-order valence-electron chi connectivity index (χ2n) is 3.67. The van der Waals surface area contributed by atoms with E-state index in [4.69, 9.17) is 4.42 Å². The number of nitrogens with one attached hydrogen (secondary N) is 1. The number of rotatable bonds is 3. The highest BCUT2D eigenvalue weighted by atomic mass is 79.9. The molecule has 0 bridgehead atoms. The monoisotopic (exact) mass is 301 g/mol. The van der Waals surface area contributed by atoms with Gasteiger partial charge < -0.3 is 9.73 Å². The minimum Gasteiger partial charge on any atom is -0.472 e. The molecular formula is C12H10BrF2NO. The first kappa shape index (κ1) is 12.1. The molecule has 0 aliphatic rings. The predicted molar refractivity (Wildman–Crippen MR) is 64.8 cm³/mol. The molecule has 2 rings (SSSR count). The van der Waals surface area contributed by atoms with Gasteiger partial charge in [0.15, 0.2) is 0 Å². The average molecular weight is 302 g/mol. The van der Waals surface area contributed by atoms with Crippen molar-refractivity contribution >= 4 is 21.6 Å². The van der Waals surface area contributed by atoms with E-state index in [1.165, 1.54) is 6.26 Å². The van der Waals surface area contributed by atoms with Gasteiger partial charge in [-0.3, -0.25) is 0 Å². The van der Waals surface area contributed by atoms with Crippen LogP contribution in [0.2, 0.25) is 0 Å². The summed E-state index contributed by atoms with van der Waals surface area (Å²) < 4.78 is 31.9. The van der Waals surface area contributed by atoms with E-state index in [9.17, 15) is 8.78 Å². The summed E-state index contributed by atoms with van der Waals surface area (Å²) in [6.45, 7) is 1.84. The normalized spacial score (nSPS) is 12.5. The van der Waals surface area contributed by atoms with Gasteiger partial charge in [-0.1, -0.05) is 0 Å². The molecule has 0 aliphatic heterocycles. The second kappa shape index (κ2) is 4.87. The van der Waals surface area contributed by atoms with Crippen molar-refractivity contribution in [1.29, 1.82) is 0 Å². The van der Waals surface area contributed by atoms with Gasteiger partial charge in [0, 0.05) is 11.6 Å². The molecule has 1 unspecified atom stereocenters. The first-order chi connectivity index (χ1) is 8.08. The SMILES string of the molecule is CC(Nc1cc(F)c(Br)cc1F)c1ccoc1. The Labute approximate surface area is 106 Å². The highest BCUT2D eigenvalue weighted by Gasteiger charge is 2.12. The molecule has 0 radical (unpaired) electrons. The molecule has 5 heteroatoms. The molecule has 2 nitrogen and oxygen atoms in total. The molecule has 1 N–H and O–H groups in total. The molecule has 0 spiro atoms. The van der Waals surface area contributed by atoms with Crippen molar-refractivity contribution in [3.05, 3.63) is 52.4 Å². The summed E-state index contributed by atoms with van der Waals surface area (Å²) in [5.41, 5.74) is 0.993. The zero-order valence-corrected chi connectivity index (χ0v) is 10.6. The van der Waals surface area contributed by atoms with Crippen LogP contribution >= 0.6 is 15.9 Å². The van der Waals surface area contributed by atoms with Crippen molar-refractivity contribution in [2.45, 2.75) is 13.0 Å². The molecule has 0 aliphatic carbocycles. The van der Waals surface area contributed by atoms with E-state index in [1.54, 1.807) is 12.3 Å². The summed E-state index contributed by atoms with van der Waals surface area (Å²) in [4.78, 5) is 0. The van der Waals surface area contributed by atoms with E-state index in [2.05, 4.69) is 21.2 Å². The molecule has 1 atom stereocenters. The fourth-order valence-corrected chi connectivity index (χ4v) is 1.79. The number of hydrogen-bond acceptors (Lipinski definition) is 2. The number of hydrogen-bond donors (Lipinski definition) is 1. The van der Waals surface area contributed by atoms with E-state index in [-0.39, 0.29) is 16.2 Å². The van der Waals surface area contributed by atoms with Gasteiger partial charge >= 0.3 is 0 Å². The van der Waals surface area contributed by atoms with Gasteiger partial charge in [-0.2, -0.15) is 0 Å². The lowest BCUT2D eigenvalue weighted by atomic mass is 10.1. The van der Waals surface area contributed by atoms with Crippen LogP contribution in [0.1, 0.15) is 18.5 Å². The smallest absolute Gasteiger partial charge is 0.147 e. The molecule has 1 heterocycles. The summed E-state index contributed by atoms with van der Waals surface area (Å²) in [6.07, 6.45) is 3.09. The lowest BCUT2D eigenvalue weighted by molar-refractivity contribution is 0.561. The maximum absolute atomic E-state index is 13.5. The number of anilines is 1. The van der Waals surface area contributed by atoms with Gasteiger partial charge in [0.2, 0.25) is 0 Å². The molecule has 0 fully saturated rings. The van der Waals surface area contributed by atoms with Crippen LogP contribution in [0.3, 0.4) is 0 Å². The maximum Gasteiger partial charge on any atom is 0.147 e. The standard InChI is InChI=1S/C12H10BrF2NO/c1-7(8-2-3-17-6-8)16-12-5-10(14)9(13)4-11(12)15/h2-7,16H,1H3. The van der Waals surface area contributed by atoms with Gasteiger partial charge in [0.05, 0.1) is 28.7 Å². The third-order valence-corrected chi connectivity index (χ3v) is 3.03. The Balaban J connectivity index is 2.22. The van der Waals surface area contributed by atoms with Crippen molar-refractivity contribution in [1.82, 2.24) is 0 Å². The van der Waals surface area contributed by atoms with Gasteiger partial charge in [0.1, 0.15) is 11.6 Å². The van der Waals surface area contributed by atoms with Crippen molar-refractivity contribution in [2.24, 2.45) is 0 Å². The summed E-state index contributed by atoms with van der Waals surface area (Å²) in [6, 6.07) is 3.82. The molecule has 17 heavy (non-hydrogen) atoms. The summed E-state index contributed by atoms with van der Waals surface area (Å²) in [5, 5.41) is 2.88. The summed E-state index contributed by atoms with van der Waals surface area (Å²) in [7, 11) is 0. The Hall–Kier alpha value is -1.36. The summed E-state index contributed by atoms with van der Waals surface area (Å²) >= 11 is 2.93. The predicted octanol–water partition coefficient (Wildman–Crippen LogP) is 4.49. The van der Waals surface area contributed by atoms with E-state index < -0.39 is 11.6 Å². The Kier molecular flexibility index (Phi) is 3.47. The summed E-state index contributed by atoms with van der Waals surface area (Å²) in [5.74, 6) is -1.01. The Morgan fingerprint density at radius 1 is 1.29 bits per heavy atom. The highest BCUT2D eigenvalue weighted by Crippen LogP contribution is 2.26. The van der Waals surface area contributed by atoms with Gasteiger partial charge in [-0.25, -0.2) is 8.78 Å². The topological polar surface area (TPSA) is 25.2 Å².